The first-order valence-electron chi connectivity index (χ1n) is 10.3. The first kappa shape index (κ1) is 23.5. The van der Waals surface area contributed by atoms with Gasteiger partial charge in [-0.1, -0.05) is 54.1 Å². The number of sulfone groups is 1. The number of amides is 1. The summed E-state index contributed by atoms with van der Waals surface area (Å²) in [7, 11) is -3.76. The average Bonchev–Trinajstić information content (AvgIpc) is 3.33. The minimum Gasteiger partial charge on any atom is -0.467 e. The molecular formula is C24H21ClN4O4S. The van der Waals surface area contributed by atoms with Crippen LogP contribution in [0.15, 0.2) is 88.8 Å². The zero-order valence-electron chi connectivity index (χ0n) is 18.2. The predicted molar refractivity (Wildman–Crippen MR) is 130 cm³/mol. The maximum Gasteiger partial charge on any atom is 0.276 e. The monoisotopic (exact) mass is 496 g/mol. The molecule has 1 amide bonds. The molecule has 0 fully saturated rings. The van der Waals surface area contributed by atoms with Crippen LogP contribution in [0.1, 0.15) is 21.8 Å². The maximum atomic E-state index is 13.3. The van der Waals surface area contributed by atoms with Crippen molar-refractivity contribution in [1.82, 2.24) is 9.97 Å². The molecule has 0 spiro atoms. The minimum atomic E-state index is -3.76. The lowest BCUT2D eigenvalue weighted by atomic mass is 10.2. The van der Waals surface area contributed by atoms with Crippen molar-refractivity contribution in [1.29, 1.82) is 0 Å². The molecule has 0 saturated heterocycles. The largest absolute Gasteiger partial charge is 0.467 e. The van der Waals surface area contributed by atoms with E-state index in [4.69, 9.17) is 16.0 Å². The predicted octanol–water partition coefficient (Wildman–Crippen LogP) is 4.59. The van der Waals surface area contributed by atoms with Gasteiger partial charge in [0.05, 0.1) is 35.4 Å². The molecule has 0 atom stereocenters. The number of halogens is 1. The van der Waals surface area contributed by atoms with Crippen LogP contribution in [0, 0.1) is 0 Å². The van der Waals surface area contributed by atoms with Gasteiger partial charge in [0.1, 0.15) is 5.76 Å². The van der Waals surface area contributed by atoms with E-state index in [9.17, 15) is 13.2 Å². The summed E-state index contributed by atoms with van der Waals surface area (Å²) in [6.07, 6.45) is 3.89. The Hall–Kier alpha value is -3.69. The molecule has 10 heteroatoms. The van der Waals surface area contributed by atoms with Gasteiger partial charge in [-0.2, -0.15) is 0 Å². The van der Waals surface area contributed by atoms with E-state index in [0.29, 0.717) is 35.2 Å². The van der Waals surface area contributed by atoms with Crippen molar-refractivity contribution < 1.29 is 17.6 Å². The van der Waals surface area contributed by atoms with Gasteiger partial charge in [0.2, 0.25) is 15.0 Å². The van der Waals surface area contributed by atoms with Gasteiger partial charge in [0, 0.05) is 12.8 Å². The molecule has 4 rings (SSSR count). The average molecular weight is 497 g/mol. The van der Waals surface area contributed by atoms with Gasteiger partial charge in [-0.25, -0.2) is 18.4 Å². The van der Waals surface area contributed by atoms with E-state index in [1.54, 1.807) is 36.6 Å². The Kier molecular flexibility index (Phi) is 6.95. The first-order valence-corrected chi connectivity index (χ1v) is 12.5. The Morgan fingerprint density at radius 3 is 2.44 bits per heavy atom. The quantitative estimate of drug-likeness (QED) is 0.356. The van der Waals surface area contributed by atoms with E-state index >= 15 is 0 Å². The van der Waals surface area contributed by atoms with E-state index in [2.05, 4.69) is 15.3 Å². The Balaban J connectivity index is 1.79. The standard InChI is InChI=1S/C24H21ClN4O4S/c1-34(31,32)24-26-14-21(22(28-24)23(30)27-20-12-6-5-11-19(20)25)29(16-18-10-7-13-33-18)15-17-8-3-2-4-9-17/h2-14H,15-16H2,1H3,(H,27,30). The van der Waals surface area contributed by atoms with Gasteiger partial charge >= 0.3 is 0 Å². The summed E-state index contributed by atoms with van der Waals surface area (Å²) in [5.74, 6) is 0.0356. The Morgan fingerprint density at radius 2 is 1.76 bits per heavy atom. The van der Waals surface area contributed by atoms with Gasteiger partial charge in [0.25, 0.3) is 5.91 Å². The van der Waals surface area contributed by atoms with Crippen molar-refractivity contribution in [2.45, 2.75) is 18.2 Å². The van der Waals surface area contributed by atoms with Gasteiger partial charge in [0.15, 0.2) is 5.69 Å². The summed E-state index contributed by atoms with van der Waals surface area (Å²) in [5.41, 5.74) is 1.59. The van der Waals surface area contributed by atoms with Gasteiger partial charge in [-0.15, -0.1) is 0 Å². The van der Waals surface area contributed by atoms with Crippen molar-refractivity contribution >= 4 is 38.7 Å². The van der Waals surface area contributed by atoms with Crippen LogP contribution in [0.5, 0.6) is 0 Å². The lowest BCUT2D eigenvalue weighted by Crippen LogP contribution is -2.27. The molecule has 1 N–H and O–H groups in total. The first-order chi connectivity index (χ1) is 16.3. The summed E-state index contributed by atoms with van der Waals surface area (Å²) in [6.45, 7) is 0.700. The number of rotatable bonds is 8. The van der Waals surface area contributed by atoms with Crippen LogP contribution in [0.25, 0.3) is 0 Å². The van der Waals surface area contributed by atoms with E-state index in [0.717, 1.165) is 11.8 Å². The van der Waals surface area contributed by atoms with Crippen molar-refractivity contribution in [2.24, 2.45) is 0 Å². The van der Waals surface area contributed by atoms with Crippen molar-refractivity contribution in [3.05, 3.63) is 101 Å². The lowest BCUT2D eigenvalue weighted by Gasteiger charge is -2.25. The van der Waals surface area contributed by atoms with Crippen LogP contribution in [0.4, 0.5) is 11.4 Å². The van der Waals surface area contributed by atoms with Crippen LogP contribution in [0.3, 0.4) is 0 Å². The number of nitrogens with zero attached hydrogens (tertiary/aromatic N) is 3. The van der Waals surface area contributed by atoms with Crippen molar-refractivity contribution in [2.75, 3.05) is 16.5 Å². The second-order valence-electron chi connectivity index (χ2n) is 7.51. The third kappa shape index (κ3) is 5.62. The Labute approximate surface area is 202 Å². The smallest absolute Gasteiger partial charge is 0.276 e. The molecule has 4 aromatic rings. The van der Waals surface area contributed by atoms with Crippen molar-refractivity contribution in [3.8, 4) is 0 Å². The number of nitrogens with one attached hydrogen (secondary N) is 1. The molecule has 34 heavy (non-hydrogen) atoms. The maximum absolute atomic E-state index is 13.3. The molecule has 0 bridgehead atoms. The molecule has 0 saturated carbocycles. The van der Waals surface area contributed by atoms with Crippen molar-refractivity contribution in [3.63, 3.8) is 0 Å². The van der Waals surface area contributed by atoms with Gasteiger partial charge < -0.3 is 14.6 Å². The second-order valence-corrected chi connectivity index (χ2v) is 9.83. The van der Waals surface area contributed by atoms with E-state index in [1.807, 2.05) is 41.3 Å². The minimum absolute atomic E-state index is 0.0992. The molecule has 0 radical (unpaired) electrons. The molecule has 2 aromatic heterocycles. The topological polar surface area (TPSA) is 105 Å². The third-order valence-electron chi connectivity index (χ3n) is 4.90. The molecular weight excluding hydrogens is 476 g/mol. The van der Waals surface area contributed by atoms with E-state index in [1.165, 1.54) is 6.20 Å². The number of para-hydroxylation sites is 1. The molecule has 8 nitrogen and oxygen atoms in total. The summed E-state index contributed by atoms with van der Waals surface area (Å²) in [5, 5.41) is 2.61. The number of hydrogen-bond acceptors (Lipinski definition) is 7. The fourth-order valence-electron chi connectivity index (χ4n) is 3.30. The molecule has 0 aliphatic rings. The van der Waals surface area contributed by atoms with E-state index < -0.39 is 20.9 Å². The van der Waals surface area contributed by atoms with Crippen LogP contribution in [-0.4, -0.2) is 30.5 Å². The zero-order chi connectivity index (χ0) is 24.1. The highest BCUT2D eigenvalue weighted by Crippen LogP contribution is 2.27. The molecule has 2 aromatic carbocycles. The highest BCUT2D eigenvalue weighted by Gasteiger charge is 2.24. The number of hydrogen-bond donors (Lipinski definition) is 1. The van der Waals surface area contributed by atoms with Gasteiger partial charge in [-0.05, 0) is 29.8 Å². The summed E-state index contributed by atoms with van der Waals surface area (Å²) in [4.78, 5) is 23.3. The fraction of sp³-hybridized carbons (Fsp3) is 0.125. The third-order valence-corrected chi connectivity index (χ3v) is 6.09. The van der Waals surface area contributed by atoms with E-state index in [-0.39, 0.29) is 5.69 Å². The molecule has 0 aliphatic heterocycles. The highest BCUT2D eigenvalue weighted by atomic mass is 35.5. The Bertz CT molecular complexity index is 1390. The SMILES string of the molecule is CS(=O)(=O)c1ncc(N(Cc2ccccc2)Cc2ccco2)c(C(=O)Nc2ccccc2Cl)n1. The number of aromatic nitrogens is 2. The zero-order valence-corrected chi connectivity index (χ0v) is 19.8. The summed E-state index contributed by atoms with van der Waals surface area (Å²) in [6, 6.07) is 20.0. The summed E-state index contributed by atoms with van der Waals surface area (Å²) >= 11 is 6.20. The van der Waals surface area contributed by atoms with Crippen LogP contribution in [-0.2, 0) is 22.9 Å². The lowest BCUT2D eigenvalue weighted by molar-refractivity contribution is 0.102. The number of carbonyl (C=O) groups excluding carboxylic acids is 1. The number of furan rings is 1. The number of carbonyl (C=O) groups is 1. The number of anilines is 2. The van der Waals surface area contributed by atoms with Gasteiger partial charge in [-0.3, -0.25) is 4.79 Å². The Morgan fingerprint density at radius 1 is 1.03 bits per heavy atom. The highest BCUT2D eigenvalue weighted by molar-refractivity contribution is 7.90. The second kappa shape index (κ2) is 10.1. The molecule has 0 aliphatic carbocycles. The fourth-order valence-corrected chi connectivity index (χ4v) is 3.99. The van der Waals surface area contributed by atoms with Crippen LogP contribution >= 0.6 is 11.6 Å². The normalized spacial score (nSPS) is 11.2. The van der Waals surface area contributed by atoms with Crippen LogP contribution in [0.2, 0.25) is 5.02 Å². The molecule has 174 valence electrons. The number of benzene rings is 2. The summed E-state index contributed by atoms with van der Waals surface area (Å²) < 4.78 is 29.8. The van der Waals surface area contributed by atoms with Crippen LogP contribution < -0.4 is 10.2 Å². The molecule has 2 heterocycles. The molecule has 0 unspecified atom stereocenters.